The Morgan fingerprint density at radius 1 is 1.35 bits per heavy atom. The second-order valence-electron chi connectivity index (χ2n) is 3.34. The molecule has 1 aromatic rings. The molecule has 0 aliphatic heterocycles. The quantitative estimate of drug-likeness (QED) is 0.626. The van der Waals surface area contributed by atoms with E-state index in [1.807, 2.05) is 6.92 Å². The largest absolute Gasteiger partial charge is 0.496 e. The number of amides is 2. The van der Waals surface area contributed by atoms with E-state index in [0.29, 0.717) is 11.3 Å². The number of carbonyl (C=O) groups is 2. The van der Waals surface area contributed by atoms with Crippen molar-refractivity contribution >= 4 is 23.4 Å². The van der Waals surface area contributed by atoms with E-state index in [9.17, 15) is 9.59 Å². The van der Waals surface area contributed by atoms with Crippen molar-refractivity contribution in [3.63, 3.8) is 0 Å². The molecule has 0 aliphatic rings. The van der Waals surface area contributed by atoms with Crippen LogP contribution in [0.3, 0.4) is 0 Å². The molecule has 92 valence electrons. The minimum atomic E-state index is -0.480. The highest BCUT2D eigenvalue weighted by Gasteiger charge is 2.12. The first-order valence-electron chi connectivity index (χ1n) is 4.88. The predicted octanol–water partition coefficient (Wildman–Crippen LogP) is 1.00. The summed E-state index contributed by atoms with van der Waals surface area (Å²) in [5.41, 5.74) is 5.73. The zero-order chi connectivity index (χ0) is 12.8. The Morgan fingerprint density at radius 3 is 2.65 bits per heavy atom. The number of halogens is 1. The van der Waals surface area contributed by atoms with Crippen molar-refractivity contribution in [3.05, 3.63) is 29.3 Å². The number of carbonyl (C=O) groups excluding carboxylic acids is 2. The third-order valence-electron chi connectivity index (χ3n) is 2.04. The highest BCUT2D eigenvalue weighted by atomic mass is 35.5. The van der Waals surface area contributed by atoms with Crippen molar-refractivity contribution in [2.24, 2.45) is 0 Å². The lowest BCUT2D eigenvalue weighted by atomic mass is 10.1. The van der Waals surface area contributed by atoms with Gasteiger partial charge in [0.05, 0.1) is 12.7 Å². The van der Waals surface area contributed by atoms with Crippen LogP contribution in [0.15, 0.2) is 18.2 Å². The lowest BCUT2D eigenvalue weighted by Gasteiger charge is -2.10. The fourth-order valence-electron chi connectivity index (χ4n) is 1.21. The van der Waals surface area contributed by atoms with E-state index in [1.165, 1.54) is 7.11 Å². The van der Waals surface area contributed by atoms with E-state index in [4.69, 9.17) is 16.3 Å². The molecule has 0 aromatic heterocycles. The van der Waals surface area contributed by atoms with E-state index >= 15 is 0 Å². The van der Waals surface area contributed by atoms with Gasteiger partial charge in [-0.3, -0.25) is 20.4 Å². The van der Waals surface area contributed by atoms with Gasteiger partial charge in [0.25, 0.3) is 11.8 Å². The Hall–Kier alpha value is -1.75. The molecule has 0 bridgehead atoms. The first-order valence-corrected chi connectivity index (χ1v) is 5.41. The van der Waals surface area contributed by atoms with Gasteiger partial charge in [0, 0.05) is 0 Å². The van der Waals surface area contributed by atoms with E-state index in [-0.39, 0.29) is 5.88 Å². The molecule has 0 aliphatic carbocycles. The molecule has 0 saturated carbocycles. The van der Waals surface area contributed by atoms with Crippen LogP contribution >= 0.6 is 11.6 Å². The van der Waals surface area contributed by atoms with Crippen LogP contribution in [0.2, 0.25) is 0 Å². The molecule has 2 N–H and O–H groups in total. The molecule has 0 saturated heterocycles. The van der Waals surface area contributed by atoms with Gasteiger partial charge in [-0.1, -0.05) is 6.07 Å². The smallest absolute Gasteiger partial charge is 0.273 e. The van der Waals surface area contributed by atoms with Crippen LogP contribution in [0.25, 0.3) is 0 Å². The molecule has 1 rings (SSSR count). The van der Waals surface area contributed by atoms with Crippen LogP contribution in [0.1, 0.15) is 15.9 Å². The summed E-state index contributed by atoms with van der Waals surface area (Å²) in [5, 5.41) is 0. The maximum absolute atomic E-state index is 11.7. The molecule has 0 heterocycles. The molecule has 0 spiro atoms. The Bertz CT molecular complexity index is 435. The molecule has 2 amide bonds. The summed E-state index contributed by atoms with van der Waals surface area (Å²) in [4.78, 5) is 22.6. The van der Waals surface area contributed by atoms with Crippen molar-refractivity contribution in [1.82, 2.24) is 10.9 Å². The standard InChI is InChI=1S/C11H13ClN2O3/c1-7-3-4-8(9(5-7)17-2)11(16)14-13-10(15)6-12/h3-5H,6H2,1-2H3,(H,13,15)(H,14,16). The number of aryl methyl sites for hydroxylation is 1. The van der Waals surface area contributed by atoms with E-state index in [1.54, 1.807) is 18.2 Å². The van der Waals surface area contributed by atoms with Crippen molar-refractivity contribution < 1.29 is 14.3 Å². The number of hydrazine groups is 1. The molecule has 0 radical (unpaired) electrons. The predicted molar refractivity (Wildman–Crippen MR) is 64.1 cm³/mol. The lowest BCUT2D eigenvalue weighted by molar-refractivity contribution is -0.119. The van der Waals surface area contributed by atoms with Gasteiger partial charge in [0.2, 0.25) is 0 Å². The maximum Gasteiger partial charge on any atom is 0.273 e. The second kappa shape index (κ2) is 6.10. The topological polar surface area (TPSA) is 67.4 Å². The van der Waals surface area contributed by atoms with Crippen LogP contribution < -0.4 is 15.6 Å². The monoisotopic (exact) mass is 256 g/mol. The number of nitrogens with one attached hydrogen (secondary N) is 2. The van der Waals surface area contributed by atoms with Gasteiger partial charge in [-0.05, 0) is 24.6 Å². The van der Waals surface area contributed by atoms with Crippen LogP contribution in [0.4, 0.5) is 0 Å². The van der Waals surface area contributed by atoms with Gasteiger partial charge in [-0.15, -0.1) is 11.6 Å². The molecule has 1 aromatic carbocycles. The van der Waals surface area contributed by atoms with Gasteiger partial charge >= 0.3 is 0 Å². The Kier molecular flexibility index (Phi) is 4.78. The molecule has 6 heteroatoms. The van der Waals surface area contributed by atoms with Gasteiger partial charge < -0.3 is 4.74 Å². The minimum Gasteiger partial charge on any atom is -0.496 e. The number of rotatable bonds is 3. The second-order valence-corrected chi connectivity index (χ2v) is 3.61. The first kappa shape index (κ1) is 13.3. The van der Waals surface area contributed by atoms with Crippen LogP contribution in [-0.2, 0) is 4.79 Å². The third kappa shape index (κ3) is 3.64. The normalized spacial score (nSPS) is 9.59. The fraction of sp³-hybridized carbons (Fsp3) is 0.273. The minimum absolute atomic E-state index is 0.217. The number of benzene rings is 1. The Labute approximate surface area is 104 Å². The van der Waals surface area contributed by atoms with Gasteiger partial charge in [-0.25, -0.2) is 0 Å². The number of hydrogen-bond donors (Lipinski definition) is 2. The number of ether oxygens (including phenoxy) is 1. The summed E-state index contributed by atoms with van der Waals surface area (Å²) in [6.07, 6.45) is 0. The lowest BCUT2D eigenvalue weighted by Crippen LogP contribution is -2.42. The van der Waals surface area contributed by atoms with Crippen molar-refractivity contribution in [2.75, 3.05) is 13.0 Å². The fourth-order valence-corrected chi connectivity index (χ4v) is 1.28. The highest BCUT2D eigenvalue weighted by Crippen LogP contribution is 2.19. The molecule has 0 unspecified atom stereocenters. The van der Waals surface area contributed by atoms with Crippen LogP contribution in [-0.4, -0.2) is 24.8 Å². The zero-order valence-corrected chi connectivity index (χ0v) is 10.3. The molecule has 17 heavy (non-hydrogen) atoms. The van der Waals surface area contributed by atoms with Crippen molar-refractivity contribution in [1.29, 1.82) is 0 Å². The maximum atomic E-state index is 11.7. The molecule has 0 fully saturated rings. The summed E-state index contributed by atoms with van der Waals surface area (Å²) in [6, 6.07) is 5.13. The van der Waals surface area contributed by atoms with Crippen molar-refractivity contribution in [2.45, 2.75) is 6.92 Å². The van der Waals surface area contributed by atoms with Crippen molar-refractivity contribution in [3.8, 4) is 5.75 Å². The van der Waals surface area contributed by atoms with Gasteiger partial charge in [0.1, 0.15) is 11.6 Å². The zero-order valence-electron chi connectivity index (χ0n) is 9.54. The van der Waals surface area contributed by atoms with E-state index < -0.39 is 11.8 Å². The molecule has 5 nitrogen and oxygen atoms in total. The first-order chi connectivity index (χ1) is 8.08. The highest BCUT2D eigenvalue weighted by molar-refractivity contribution is 6.27. The average molecular weight is 257 g/mol. The molecular weight excluding hydrogens is 244 g/mol. The summed E-state index contributed by atoms with van der Waals surface area (Å²) < 4.78 is 5.08. The summed E-state index contributed by atoms with van der Waals surface area (Å²) in [5.74, 6) is -0.709. The summed E-state index contributed by atoms with van der Waals surface area (Å²) >= 11 is 5.27. The average Bonchev–Trinajstić information content (AvgIpc) is 2.35. The SMILES string of the molecule is COc1cc(C)ccc1C(=O)NNC(=O)CCl. The molecule has 0 atom stereocenters. The van der Waals surface area contributed by atoms with E-state index in [0.717, 1.165) is 5.56 Å². The Balaban J connectivity index is 2.78. The van der Waals surface area contributed by atoms with Gasteiger partial charge in [-0.2, -0.15) is 0 Å². The third-order valence-corrected chi connectivity index (χ3v) is 2.28. The summed E-state index contributed by atoms with van der Waals surface area (Å²) in [6.45, 7) is 1.89. The van der Waals surface area contributed by atoms with Crippen LogP contribution in [0.5, 0.6) is 5.75 Å². The Morgan fingerprint density at radius 2 is 2.06 bits per heavy atom. The molecular formula is C11H13ClN2O3. The summed E-state index contributed by atoms with van der Waals surface area (Å²) in [7, 11) is 1.48. The van der Waals surface area contributed by atoms with E-state index in [2.05, 4.69) is 10.9 Å². The number of methoxy groups -OCH3 is 1. The van der Waals surface area contributed by atoms with Gasteiger partial charge in [0.15, 0.2) is 0 Å². The van der Waals surface area contributed by atoms with Crippen LogP contribution in [0, 0.1) is 6.92 Å². The number of alkyl halides is 1. The number of hydrogen-bond acceptors (Lipinski definition) is 3.